The minimum Gasteiger partial charge on any atom is -0.493 e. The summed E-state index contributed by atoms with van der Waals surface area (Å²) in [6, 6.07) is 2.63. The molecule has 1 unspecified atom stereocenters. The molecule has 0 aliphatic carbocycles. The van der Waals surface area contributed by atoms with Crippen LogP contribution in [-0.4, -0.2) is 43.2 Å². The molecule has 1 atom stereocenters. The highest BCUT2D eigenvalue weighted by Crippen LogP contribution is 2.23. The van der Waals surface area contributed by atoms with E-state index in [1.807, 2.05) is 13.0 Å². The van der Waals surface area contributed by atoms with Crippen molar-refractivity contribution in [1.29, 1.82) is 0 Å². The fourth-order valence-corrected chi connectivity index (χ4v) is 1.75. The normalized spacial score (nSPS) is 12.6. The summed E-state index contributed by atoms with van der Waals surface area (Å²) in [6.07, 6.45) is 2.93. The molecule has 0 aliphatic rings. The summed E-state index contributed by atoms with van der Waals surface area (Å²) < 4.78 is 5.29. The number of rotatable bonds is 7. The molecule has 0 radical (unpaired) electrons. The predicted molar refractivity (Wildman–Crippen MR) is 76.4 cm³/mol. The highest BCUT2D eigenvalue weighted by atomic mass is 16.5. The topological polar surface area (TPSA) is 37.4 Å². The minimum atomic E-state index is 0.618. The van der Waals surface area contributed by atoms with E-state index >= 15 is 0 Å². The highest BCUT2D eigenvalue weighted by Gasteiger charge is 2.07. The van der Waals surface area contributed by atoms with Gasteiger partial charge in [-0.2, -0.15) is 0 Å². The number of pyridine rings is 1. The zero-order chi connectivity index (χ0) is 13.5. The number of aryl methyl sites for hydroxylation is 1. The van der Waals surface area contributed by atoms with Crippen molar-refractivity contribution in [1.82, 2.24) is 9.88 Å². The molecule has 0 bridgehead atoms. The molecule has 0 aromatic carbocycles. The van der Waals surface area contributed by atoms with E-state index in [0.717, 1.165) is 30.2 Å². The van der Waals surface area contributed by atoms with Crippen LogP contribution in [0.4, 0.5) is 5.69 Å². The van der Waals surface area contributed by atoms with Crippen LogP contribution in [0.25, 0.3) is 0 Å². The molecule has 0 aliphatic heterocycles. The second-order valence-corrected chi connectivity index (χ2v) is 4.69. The molecule has 0 spiro atoms. The van der Waals surface area contributed by atoms with Gasteiger partial charge in [-0.25, -0.2) is 0 Å². The van der Waals surface area contributed by atoms with Crippen molar-refractivity contribution < 1.29 is 4.74 Å². The van der Waals surface area contributed by atoms with Crippen molar-refractivity contribution in [3.05, 3.63) is 18.0 Å². The fourth-order valence-electron chi connectivity index (χ4n) is 1.75. The van der Waals surface area contributed by atoms with Gasteiger partial charge in [-0.15, -0.1) is 0 Å². The Labute approximate surface area is 110 Å². The van der Waals surface area contributed by atoms with Crippen LogP contribution in [0.3, 0.4) is 0 Å². The number of hydrogen-bond donors (Lipinski definition) is 1. The molecule has 4 heteroatoms. The molecule has 18 heavy (non-hydrogen) atoms. The zero-order valence-corrected chi connectivity index (χ0v) is 12.2. The summed E-state index contributed by atoms with van der Waals surface area (Å²) >= 11 is 0. The molecule has 1 heterocycles. The number of nitrogens with zero attached hydrogens (tertiary/aromatic N) is 2. The third-order valence-electron chi connectivity index (χ3n) is 3.35. The number of hydrogen-bond acceptors (Lipinski definition) is 4. The third-order valence-corrected chi connectivity index (χ3v) is 3.35. The highest BCUT2D eigenvalue weighted by molar-refractivity contribution is 5.55. The quantitative estimate of drug-likeness (QED) is 0.808. The van der Waals surface area contributed by atoms with Gasteiger partial charge in [0.2, 0.25) is 0 Å². The first-order valence-electron chi connectivity index (χ1n) is 6.53. The summed E-state index contributed by atoms with van der Waals surface area (Å²) in [5, 5.41) is 3.41. The molecule has 0 saturated carbocycles. The van der Waals surface area contributed by atoms with Gasteiger partial charge in [0.25, 0.3) is 0 Å². The number of nitrogens with one attached hydrogen (secondary N) is 1. The van der Waals surface area contributed by atoms with Crippen molar-refractivity contribution in [2.45, 2.75) is 33.2 Å². The van der Waals surface area contributed by atoms with Crippen LogP contribution >= 0.6 is 0 Å². The van der Waals surface area contributed by atoms with Gasteiger partial charge < -0.3 is 15.0 Å². The lowest BCUT2D eigenvalue weighted by Gasteiger charge is -2.23. The second kappa shape index (κ2) is 7.21. The molecule has 1 aromatic rings. The van der Waals surface area contributed by atoms with Crippen LogP contribution in [0.5, 0.6) is 5.75 Å². The van der Waals surface area contributed by atoms with Crippen LogP contribution in [0.15, 0.2) is 12.3 Å². The number of anilines is 1. The molecule has 4 nitrogen and oxygen atoms in total. The van der Waals surface area contributed by atoms with E-state index in [1.165, 1.54) is 6.42 Å². The van der Waals surface area contributed by atoms with Gasteiger partial charge in [-0.1, -0.05) is 6.92 Å². The molecule has 1 aromatic heterocycles. The van der Waals surface area contributed by atoms with Gasteiger partial charge >= 0.3 is 0 Å². The average Bonchev–Trinajstić information content (AvgIpc) is 2.38. The van der Waals surface area contributed by atoms with Gasteiger partial charge in [0.05, 0.1) is 19.0 Å². The van der Waals surface area contributed by atoms with Crippen LogP contribution in [0, 0.1) is 6.92 Å². The van der Waals surface area contributed by atoms with Gasteiger partial charge in [0, 0.05) is 24.8 Å². The standard InChI is InChI=1S/C14H25N3O/c1-6-12(3)17(4)8-7-15-13-9-11(2)16-10-14(13)18-5/h9-10,12H,6-8H2,1-5H3,(H,15,16). The van der Waals surface area contributed by atoms with E-state index in [4.69, 9.17) is 4.74 Å². The van der Waals surface area contributed by atoms with Gasteiger partial charge in [0.1, 0.15) is 0 Å². The average molecular weight is 251 g/mol. The maximum atomic E-state index is 5.29. The fraction of sp³-hybridized carbons (Fsp3) is 0.643. The Balaban J connectivity index is 2.50. The van der Waals surface area contributed by atoms with Crippen molar-refractivity contribution in [3.63, 3.8) is 0 Å². The molecule has 102 valence electrons. The summed E-state index contributed by atoms with van der Waals surface area (Å²) in [7, 11) is 3.83. The number of aromatic nitrogens is 1. The SMILES string of the molecule is CCC(C)N(C)CCNc1cc(C)ncc1OC. The van der Waals surface area contributed by atoms with E-state index in [0.29, 0.717) is 6.04 Å². The zero-order valence-electron chi connectivity index (χ0n) is 12.2. The maximum absolute atomic E-state index is 5.29. The lowest BCUT2D eigenvalue weighted by molar-refractivity contribution is 0.261. The Bertz CT molecular complexity index is 368. The molecule has 0 saturated heterocycles. The molecular weight excluding hydrogens is 226 g/mol. The maximum Gasteiger partial charge on any atom is 0.160 e. The Hall–Kier alpha value is -1.29. The first-order valence-corrected chi connectivity index (χ1v) is 6.53. The summed E-state index contributed by atoms with van der Waals surface area (Å²) in [4.78, 5) is 6.57. The van der Waals surface area contributed by atoms with Crippen molar-refractivity contribution in [2.24, 2.45) is 0 Å². The van der Waals surface area contributed by atoms with Gasteiger partial charge in [-0.3, -0.25) is 4.98 Å². The van der Waals surface area contributed by atoms with Crippen molar-refractivity contribution >= 4 is 5.69 Å². The number of ether oxygens (including phenoxy) is 1. The Morgan fingerprint density at radius 1 is 1.50 bits per heavy atom. The molecular formula is C14H25N3O. The summed E-state index contributed by atoms with van der Waals surface area (Å²) in [5.41, 5.74) is 2.01. The van der Waals surface area contributed by atoms with Crippen LogP contribution in [-0.2, 0) is 0 Å². The Kier molecular flexibility index (Phi) is 5.92. The molecule has 0 amide bonds. The lowest BCUT2D eigenvalue weighted by Crippen LogP contribution is -2.32. The predicted octanol–water partition coefficient (Wildman–Crippen LogP) is 2.54. The molecule has 1 N–H and O–H groups in total. The minimum absolute atomic E-state index is 0.618. The monoisotopic (exact) mass is 251 g/mol. The number of likely N-dealkylation sites (N-methyl/N-ethyl adjacent to an activating group) is 1. The van der Waals surface area contributed by atoms with Crippen molar-refractivity contribution in [2.75, 3.05) is 32.6 Å². The van der Waals surface area contributed by atoms with Gasteiger partial charge in [-0.05, 0) is 33.4 Å². The van der Waals surface area contributed by atoms with E-state index in [2.05, 4.69) is 36.1 Å². The van der Waals surface area contributed by atoms with E-state index < -0.39 is 0 Å². The first kappa shape index (κ1) is 14.8. The van der Waals surface area contributed by atoms with Crippen LogP contribution in [0.2, 0.25) is 0 Å². The second-order valence-electron chi connectivity index (χ2n) is 4.69. The Morgan fingerprint density at radius 3 is 2.83 bits per heavy atom. The van der Waals surface area contributed by atoms with E-state index in [1.54, 1.807) is 13.3 Å². The number of methoxy groups -OCH3 is 1. The smallest absolute Gasteiger partial charge is 0.160 e. The third kappa shape index (κ3) is 4.18. The lowest BCUT2D eigenvalue weighted by atomic mass is 10.2. The van der Waals surface area contributed by atoms with Gasteiger partial charge in [0.15, 0.2) is 5.75 Å². The van der Waals surface area contributed by atoms with Crippen molar-refractivity contribution in [3.8, 4) is 5.75 Å². The van der Waals surface area contributed by atoms with Crippen LogP contribution in [0.1, 0.15) is 26.0 Å². The summed E-state index contributed by atoms with van der Waals surface area (Å²) in [5.74, 6) is 0.798. The first-order chi connectivity index (χ1) is 8.58. The molecule has 0 fully saturated rings. The largest absolute Gasteiger partial charge is 0.493 e. The van der Waals surface area contributed by atoms with Crippen LogP contribution < -0.4 is 10.1 Å². The molecule has 1 rings (SSSR count). The van der Waals surface area contributed by atoms with E-state index in [9.17, 15) is 0 Å². The van der Waals surface area contributed by atoms with E-state index in [-0.39, 0.29) is 0 Å². The summed E-state index contributed by atoms with van der Waals surface area (Å²) in [6.45, 7) is 8.36. The Morgan fingerprint density at radius 2 is 2.22 bits per heavy atom.